The van der Waals surface area contributed by atoms with Gasteiger partial charge in [0.15, 0.2) is 0 Å². The summed E-state index contributed by atoms with van der Waals surface area (Å²) in [6, 6.07) is 1.84. The van der Waals surface area contributed by atoms with Gasteiger partial charge in [-0.2, -0.15) is 13.2 Å². The van der Waals surface area contributed by atoms with Crippen LogP contribution in [0.1, 0.15) is 0 Å². The van der Waals surface area contributed by atoms with Crippen LogP contribution in [0.25, 0.3) is 0 Å². The minimum absolute atomic E-state index is 0.0942. The fraction of sp³-hybridized carbons (Fsp3) is 0.143. The second-order valence-electron chi connectivity index (χ2n) is 2.54. The maximum Gasteiger partial charge on any atom is 0.446 e. The van der Waals surface area contributed by atoms with Crippen molar-refractivity contribution in [2.45, 2.75) is 10.4 Å². The lowest BCUT2D eigenvalue weighted by molar-refractivity contribution is -0.387. The number of nitro groups is 1. The van der Waals surface area contributed by atoms with Crippen molar-refractivity contribution in [3.05, 3.63) is 32.3 Å². The van der Waals surface area contributed by atoms with E-state index in [2.05, 4.69) is 0 Å². The molecule has 9 heteroatoms. The Morgan fingerprint density at radius 3 is 2.31 bits per heavy atom. The van der Waals surface area contributed by atoms with Crippen LogP contribution in [0.5, 0.6) is 0 Å². The molecule has 1 aromatic rings. The molecule has 1 rings (SSSR count). The van der Waals surface area contributed by atoms with E-state index in [0.717, 1.165) is 12.1 Å². The van der Waals surface area contributed by atoms with E-state index in [1.165, 1.54) is 0 Å². The lowest BCUT2D eigenvalue weighted by Gasteiger charge is -2.08. The number of benzene rings is 1. The molecule has 0 amide bonds. The van der Waals surface area contributed by atoms with Gasteiger partial charge < -0.3 is 0 Å². The van der Waals surface area contributed by atoms with Gasteiger partial charge in [0.05, 0.1) is 9.95 Å². The van der Waals surface area contributed by atoms with Crippen molar-refractivity contribution in [3.63, 3.8) is 0 Å². The molecule has 0 saturated carbocycles. The maximum absolute atomic E-state index is 12.1. The Labute approximate surface area is 102 Å². The molecule has 0 N–H and O–H groups in total. The van der Waals surface area contributed by atoms with Crippen LogP contribution >= 0.6 is 35.0 Å². The normalized spacial score (nSPS) is 11.6. The second kappa shape index (κ2) is 4.68. The lowest BCUT2D eigenvalue weighted by atomic mass is 10.3. The summed E-state index contributed by atoms with van der Waals surface area (Å²) in [7, 11) is 0. The average Bonchev–Trinajstić information content (AvgIpc) is 2.07. The fourth-order valence-corrected chi connectivity index (χ4v) is 2.12. The predicted octanol–water partition coefficient (Wildman–Crippen LogP) is 4.51. The number of thioether (sulfide) groups is 1. The molecule has 1 aromatic carbocycles. The molecule has 88 valence electrons. The smallest absolute Gasteiger partial charge is 0.258 e. The number of nitro benzene ring substituents is 1. The van der Waals surface area contributed by atoms with E-state index in [1.54, 1.807) is 0 Å². The molecule has 0 aliphatic rings. The summed E-state index contributed by atoms with van der Waals surface area (Å²) in [6.45, 7) is 0. The van der Waals surface area contributed by atoms with Gasteiger partial charge in [0.25, 0.3) is 5.69 Å². The molecular formula is C7H2Cl2F3NO2S. The van der Waals surface area contributed by atoms with Gasteiger partial charge in [-0.15, -0.1) is 0 Å². The Balaban J connectivity index is 3.30. The van der Waals surface area contributed by atoms with E-state index in [-0.39, 0.29) is 5.02 Å². The molecule has 0 aliphatic carbocycles. The average molecular weight is 292 g/mol. The van der Waals surface area contributed by atoms with Crippen LogP contribution in [-0.2, 0) is 0 Å². The highest BCUT2D eigenvalue weighted by Crippen LogP contribution is 2.45. The molecule has 16 heavy (non-hydrogen) atoms. The van der Waals surface area contributed by atoms with Crippen molar-refractivity contribution >= 4 is 40.7 Å². The van der Waals surface area contributed by atoms with Crippen LogP contribution in [0, 0.1) is 10.1 Å². The number of alkyl halides is 3. The van der Waals surface area contributed by atoms with Gasteiger partial charge in [-0.25, -0.2) is 0 Å². The molecule has 3 nitrogen and oxygen atoms in total. The topological polar surface area (TPSA) is 43.1 Å². The van der Waals surface area contributed by atoms with E-state index in [1.807, 2.05) is 0 Å². The lowest BCUT2D eigenvalue weighted by Crippen LogP contribution is -2.02. The standard InChI is InChI=1S/C7H2Cl2F3NO2S/c8-3-1-4(9)6(16-7(10,11)12)5(2-3)13(14)15/h1-2H. The highest BCUT2D eigenvalue weighted by molar-refractivity contribution is 8.00. The Bertz CT molecular complexity index is 438. The molecule has 0 bridgehead atoms. The van der Waals surface area contributed by atoms with Crippen LogP contribution in [0.4, 0.5) is 18.9 Å². The zero-order chi connectivity index (χ0) is 12.5. The van der Waals surface area contributed by atoms with Gasteiger partial charge in [0.1, 0.15) is 4.90 Å². The molecule has 0 aromatic heterocycles. The molecule has 0 radical (unpaired) electrons. The number of hydrogen-bond donors (Lipinski definition) is 0. The largest absolute Gasteiger partial charge is 0.446 e. The number of hydrogen-bond acceptors (Lipinski definition) is 3. The third kappa shape index (κ3) is 3.43. The van der Waals surface area contributed by atoms with Crippen molar-refractivity contribution in [2.24, 2.45) is 0 Å². The minimum Gasteiger partial charge on any atom is -0.258 e. The van der Waals surface area contributed by atoms with E-state index in [9.17, 15) is 23.3 Å². The fourth-order valence-electron chi connectivity index (χ4n) is 0.899. The SMILES string of the molecule is O=[N+]([O-])c1cc(Cl)cc(Cl)c1SC(F)(F)F. The third-order valence-electron chi connectivity index (χ3n) is 1.40. The van der Waals surface area contributed by atoms with Crippen molar-refractivity contribution in [3.8, 4) is 0 Å². The van der Waals surface area contributed by atoms with E-state index in [4.69, 9.17) is 23.2 Å². The third-order valence-corrected chi connectivity index (χ3v) is 2.90. The summed E-state index contributed by atoms with van der Waals surface area (Å²) in [4.78, 5) is 8.89. The Hall–Kier alpha value is -0.660. The number of nitrogens with zero attached hydrogens (tertiary/aromatic N) is 1. The van der Waals surface area contributed by atoms with E-state index in [0.29, 0.717) is 0 Å². The van der Waals surface area contributed by atoms with E-state index >= 15 is 0 Å². The Morgan fingerprint density at radius 1 is 1.31 bits per heavy atom. The van der Waals surface area contributed by atoms with Crippen molar-refractivity contribution < 1.29 is 18.1 Å². The number of halogens is 5. The molecule has 0 unspecified atom stereocenters. The molecule has 0 saturated heterocycles. The monoisotopic (exact) mass is 291 g/mol. The molecule has 0 spiro atoms. The van der Waals surface area contributed by atoms with Crippen molar-refractivity contribution in [1.29, 1.82) is 0 Å². The summed E-state index contributed by atoms with van der Waals surface area (Å²) in [5, 5.41) is 10.0. The van der Waals surface area contributed by atoms with Gasteiger partial charge in [-0.1, -0.05) is 23.2 Å². The summed E-state index contributed by atoms with van der Waals surface area (Å²) in [5.41, 5.74) is -5.41. The number of rotatable bonds is 2. The van der Waals surface area contributed by atoms with Crippen LogP contribution < -0.4 is 0 Å². The van der Waals surface area contributed by atoms with E-state index < -0.39 is 37.8 Å². The van der Waals surface area contributed by atoms with Crippen molar-refractivity contribution in [1.82, 2.24) is 0 Å². The highest BCUT2D eigenvalue weighted by atomic mass is 35.5. The predicted molar refractivity (Wildman–Crippen MR) is 55.0 cm³/mol. The summed E-state index contributed by atoms with van der Waals surface area (Å²) in [6.07, 6.45) is 0. The van der Waals surface area contributed by atoms with Crippen LogP contribution in [0.3, 0.4) is 0 Å². The van der Waals surface area contributed by atoms with Crippen molar-refractivity contribution in [2.75, 3.05) is 0 Å². The van der Waals surface area contributed by atoms with Crippen LogP contribution in [0.15, 0.2) is 17.0 Å². The van der Waals surface area contributed by atoms with Crippen LogP contribution in [-0.4, -0.2) is 10.4 Å². The first-order valence-corrected chi connectivity index (χ1v) is 5.17. The molecule has 0 heterocycles. The molecule has 0 fully saturated rings. The summed E-state index contributed by atoms with van der Waals surface area (Å²) in [5.74, 6) is 0. The zero-order valence-corrected chi connectivity index (χ0v) is 9.54. The first kappa shape index (κ1) is 13.4. The van der Waals surface area contributed by atoms with Gasteiger partial charge in [0.2, 0.25) is 0 Å². The molecule has 0 aliphatic heterocycles. The van der Waals surface area contributed by atoms with Gasteiger partial charge in [-0.05, 0) is 17.8 Å². The second-order valence-corrected chi connectivity index (χ2v) is 4.46. The van der Waals surface area contributed by atoms with Crippen LogP contribution in [0.2, 0.25) is 10.0 Å². The Kier molecular flexibility index (Phi) is 3.92. The van der Waals surface area contributed by atoms with Gasteiger partial charge >= 0.3 is 5.51 Å². The van der Waals surface area contributed by atoms with Gasteiger partial charge in [-0.3, -0.25) is 10.1 Å². The molecule has 0 atom stereocenters. The first-order valence-electron chi connectivity index (χ1n) is 3.60. The van der Waals surface area contributed by atoms with Gasteiger partial charge in [0, 0.05) is 11.1 Å². The maximum atomic E-state index is 12.1. The highest BCUT2D eigenvalue weighted by Gasteiger charge is 2.34. The Morgan fingerprint density at radius 2 is 1.88 bits per heavy atom. The minimum atomic E-state index is -4.65. The summed E-state index contributed by atoms with van der Waals surface area (Å²) < 4.78 is 36.3. The first-order chi connectivity index (χ1) is 7.20. The summed E-state index contributed by atoms with van der Waals surface area (Å²) >= 11 is 10.3. The molecular weight excluding hydrogens is 290 g/mol. The zero-order valence-electron chi connectivity index (χ0n) is 7.22. The quantitative estimate of drug-likeness (QED) is 0.457.